The Morgan fingerprint density at radius 2 is 2.25 bits per heavy atom. The smallest absolute Gasteiger partial charge is 0.140 e. The number of hydrogen-bond donors (Lipinski definition) is 1. The second kappa shape index (κ2) is 3.55. The van der Waals surface area contributed by atoms with Gasteiger partial charge in [0.15, 0.2) is 0 Å². The highest BCUT2D eigenvalue weighted by molar-refractivity contribution is 5.16. The molecular weight excluding hydrogens is 200 g/mol. The molecule has 2 fully saturated rings. The minimum Gasteiger partial charge on any atom is -0.316 e. The molecule has 1 atom stereocenters. The minimum atomic E-state index is 0.240. The summed E-state index contributed by atoms with van der Waals surface area (Å²) in [5.74, 6) is 2.33. The van der Waals surface area contributed by atoms with Crippen LogP contribution >= 0.6 is 0 Å². The zero-order valence-electron chi connectivity index (χ0n) is 10.2. The first-order chi connectivity index (χ1) is 7.77. The van der Waals surface area contributed by atoms with Gasteiger partial charge in [-0.25, -0.2) is 0 Å². The van der Waals surface area contributed by atoms with Crippen LogP contribution in [0.15, 0.2) is 0 Å². The molecule has 1 aromatic heterocycles. The normalized spacial score (nSPS) is 29.9. The van der Waals surface area contributed by atoms with Crippen molar-refractivity contribution in [3.8, 4) is 0 Å². The van der Waals surface area contributed by atoms with E-state index < -0.39 is 0 Å². The molecule has 88 valence electrons. The largest absolute Gasteiger partial charge is 0.316 e. The molecule has 1 aromatic rings. The summed E-state index contributed by atoms with van der Waals surface area (Å²) in [6.07, 6.45) is 4.97. The molecule has 1 aliphatic heterocycles. The lowest BCUT2D eigenvalue weighted by atomic mass is 9.83. The van der Waals surface area contributed by atoms with Crippen molar-refractivity contribution in [2.75, 3.05) is 13.1 Å². The van der Waals surface area contributed by atoms with E-state index in [0.717, 1.165) is 25.3 Å². The van der Waals surface area contributed by atoms with Crippen LogP contribution < -0.4 is 5.32 Å². The highest BCUT2D eigenvalue weighted by atomic mass is 15.3. The molecule has 1 N–H and O–H groups in total. The number of aromatic nitrogens is 3. The van der Waals surface area contributed by atoms with Crippen LogP contribution in [-0.2, 0) is 5.41 Å². The van der Waals surface area contributed by atoms with Gasteiger partial charge in [-0.05, 0) is 39.2 Å². The fourth-order valence-corrected chi connectivity index (χ4v) is 2.90. The third-order valence-electron chi connectivity index (χ3n) is 4.17. The average molecular weight is 220 g/mol. The first-order valence-corrected chi connectivity index (χ1v) is 6.39. The molecule has 2 aliphatic rings. The average Bonchev–Trinajstić information content (AvgIpc) is 2.88. The van der Waals surface area contributed by atoms with Gasteiger partial charge in [0.25, 0.3) is 0 Å². The Hall–Kier alpha value is -0.900. The second-order valence-corrected chi connectivity index (χ2v) is 5.23. The molecule has 4 nitrogen and oxygen atoms in total. The van der Waals surface area contributed by atoms with Crippen molar-refractivity contribution >= 4 is 0 Å². The van der Waals surface area contributed by atoms with Gasteiger partial charge in [0.1, 0.15) is 11.6 Å². The summed E-state index contributed by atoms with van der Waals surface area (Å²) in [5, 5.41) is 12.3. The highest BCUT2D eigenvalue weighted by Crippen LogP contribution is 2.41. The molecule has 1 saturated carbocycles. The summed E-state index contributed by atoms with van der Waals surface area (Å²) in [7, 11) is 0. The predicted molar refractivity (Wildman–Crippen MR) is 62.5 cm³/mol. The lowest BCUT2D eigenvalue weighted by Gasteiger charge is -2.26. The summed E-state index contributed by atoms with van der Waals surface area (Å²) in [5.41, 5.74) is 0.240. The first kappa shape index (κ1) is 10.3. The van der Waals surface area contributed by atoms with Gasteiger partial charge >= 0.3 is 0 Å². The van der Waals surface area contributed by atoms with Crippen molar-refractivity contribution in [2.24, 2.45) is 0 Å². The Morgan fingerprint density at radius 3 is 2.81 bits per heavy atom. The maximum Gasteiger partial charge on any atom is 0.140 e. The van der Waals surface area contributed by atoms with Crippen molar-refractivity contribution < 1.29 is 0 Å². The van der Waals surface area contributed by atoms with E-state index >= 15 is 0 Å². The van der Waals surface area contributed by atoms with Crippen molar-refractivity contribution in [1.82, 2.24) is 20.1 Å². The Kier molecular flexibility index (Phi) is 2.28. The molecule has 3 rings (SSSR count). The number of rotatable bonds is 3. The zero-order chi connectivity index (χ0) is 11.2. The van der Waals surface area contributed by atoms with E-state index in [1.54, 1.807) is 0 Å². The summed E-state index contributed by atoms with van der Waals surface area (Å²) in [6.45, 7) is 6.54. The molecule has 1 aliphatic carbocycles. The van der Waals surface area contributed by atoms with Crippen LogP contribution in [0.5, 0.6) is 0 Å². The molecule has 0 bridgehead atoms. The van der Waals surface area contributed by atoms with Gasteiger partial charge < -0.3 is 9.88 Å². The fraction of sp³-hybridized carbons (Fsp3) is 0.833. The Labute approximate surface area is 96.4 Å². The van der Waals surface area contributed by atoms with Crippen LogP contribution in [0.2, 0.25) is 0 Å². The van der Waals surface area contributed by atoms with Gasteiger partial charge in [0.05, 0.1) is 0 Å². The molecule has 2 heterocycles. The third kappa shape index (κ3) is 1.39. The Morgan fingerprint density at radius 1 is 1.44 bits per heavy atom. The summed E-state index contributed by atoms with van der Waals surface area (Å²) >= 11 is 0. The summed E-state index contributed by atoms with van der Waals surface area (Å²) < 4.78 is 2.40. The number of nitrogens with one attached hydrogen (secondary N) is 1. The SMILES string of the molecule is CCC1(c2nnc(C)n2C2CC2)CCNC1. The molecule has 1 unspecified atom stereocenters. The monoisotopic (exact) mass is 220 g/mol. The lowest BCUT2D eigenvalue weighted by Crippen LogP contribution is -2.32. The molecule has 0 aromatic carbocycles. The molecule has 16 heavy (non-hydrogen) atoms. The van der Waals surface area contributed by atoms with Crippen LogP contribution in [0.4, 0.5) is 0 Å². The first-order valence-electron chi connectivity index (χ1n) is 6.39. The topological polar surface area (TPSA) is 42.7 Å². The molecule has 0 amide bonds. The second-order valence-electron chi connectivity index (χ2n) is 5.23. The van der Waals surface area contributed by atoms with Crippen molar-refractivity contribution in [3.05, 3.63) is 11.6 Å². The van der Waals surface area contributed by atoms with Crippen molar-refractivity contribution in [3.63, 3.8) is 0 Å². The molecule has 0 radical (unpaired) electrons. The maximum atomic E-state index is 4.47. The quantitative estimate of drug-likeness (QED) is 0.840. The predicted octanol–water partition coefficient (Wildman–Crippen LogP) is 1.56. The van der Waals surface area contributed by atoms with Gasteiger partial charge in [-0.15, -0.1) is 10.2 Å². The molecular formula is C12H20N4. The van der Waals surface area contributed by atoms with E-state index in [-0.39, 0.29) is 5.41 Å². The standard InChI is InChI=1S/C12H20N4/c1-3-12(6-7-13-8-12)11-15-14-9(2)16(11)10-4-5-10/h10,13H,3-8H2,1-2H3. The van der Waals surface area contributed by atoms with E-state index in [9.17, 15) is 0 Å². The van der Waals surface area contributed by atoms with Gasteiger partial charge in [0, 0.05) is 18.0 Å². The van der Waals surface area contributed by atoms with Gasteiger partial charge in [-0.2, -0.15) is 0 Å². The highest BCUT2D eigenvalue weighted by Gasteiger charge is 2.41. The number of nitrogens with zero attached hydrogens (tertiary/aromatic N) is 3. The maximum absolute atomic E-state index is 4.47. The fourth-order valence-electron chi connectivity index (χ4n) is 2.90. The minimum absolute atomic E-state index is 0.240. The number of aryl methyl sites for hydroxylation is 1. The summed E-state index contributed by atoms with van der Waals surface area (Å²) in [4.78, 5) is 0. The third-order valence-corrected chi connectivity index (χ3v) is 4.17. The van der Waals surface area contributed by atoms with E-state index in [0.29, 0.717) is 6.04 Å². The van der Waals surface area contributed by atoms with Crippen LogP contribution in [0.3, 0.4) is 0 Å². The Bertz CT molecular complexity index is 386. The van der Waals surface area contributed by atoms with Crippen LogP contribution in [0.1, 0.15) is 50.3 Å². The molecule has 4 heteroatoms. The van der Waals surface area contributed by atoms with Gasteiger partial charge in [-0.1, -0.05) is 6.92 Å². The van der Waals surface area contributed by atoms with E-state index in [1.165, 1.54) is 25.1 Å². The Balaban J connectivity index is 2.04. The van der Waals surface area contributed by atoms with E-state index in [2.05, 4.69) is 33.9 Å². The van der Waals surface area contributed by atoms with Crippen LogP contribution in [0.25, 0.3) is 0 Å². The van der Waals surface area contributed by atoms with Crippen LogP contribution in [0, 0.1) is 6.92 Å². The van der Waals surface area contributed by atoms with Crippen LogP contribution in [-0.4, -0.2) is 27.9 Å². The molecule has 1 saturated heterocycles. The van der Waals surface area contributed by atoms with Crippen molar-refractivity contribution in [1.29, 1.82) is 0 Å². The molecule has 0 spiro atoms. The zero-order valence-corrected chi connectivity index (χ0v) is 10.2. The summed E-state index contributed by atoms with van der Waals surface area (Å²) in [6, 6.07) is 0.689. The van der Waals surface area contributed by atoms with Crippen molar-refractivity contribution in [2.45, 2.75) is 51.0 Å². The lowest BCUT2D eigenvalue weighted by molar-refractivity contribution is 0.401. The van der Waals surface area contributed by atoms with Gasteiger partial charge in [-0.3, -0.25) is 0 Å². The number of hydrogen-bond acceptors (Lipinski definition) is 3. The van der Waals surface area contributed by atoms with E-state index in [1.807, 2.05) is 0 Å². The van der Waals surface area contributed by atoms with Gasteiger partial charge in [0.2, 0.25) is 0 Å². The van der Waals surface area contributed by atoms with E-state index in [4.69, 9.17) is 0 Å².